The van der Waals surface area contributed by atoms with Crippen LogP contribution >= 0.6 is 0 Å². The Bertz CT molecular complexity index is 851. The average molecular weight is 370 g/mol. The summed E-state index contributed by atoms with van der Waals surface area (Å²) in [4.78, 5) is 12.3. The van der Waals surface area contributed by atoms with Gasteiger partial charge in [-0.25, -0.2) is 9.18 Å². The summed E-state index contributed by atoms with van der Waals surface area (Å²) in [5, 5.41) is 9.35. The molecule has 1 aliphatic heterocycles. The molecule has 1 atom stereocenters. The lowest BCUT2D eigenvalue weighted by atomic mass is 9.82. The molecular formula is C17H14F4N2O3. The summed E-state index contributed by atoms with van der Waals surface area (Å²) in [5.74, 6) is -3.96. The van der Waals surface area contributed by atoms with Crippen molar-refractivity contribution in [3.05, 3.63) is 57.9 Å². The Morgan fingerprint density at radius 2 is 2.08 bits per heavy atom. The number of allylic oxidation sites excluding steroid dienone is 2. The molecule has 1 aromatic rings. The van der Waals surface area contributed by atoms with Crippen LogP contribution < -0.4 is 5.73 Å². The van der Waals surface area contributed by atoms with E-state index in [-0.39, 0.29) is 35.0 Å². The van der Waals surface area contributed by atoms with E-state index in [1.807, 2.05) is 0 Å². The van der Waals surface area contributed by atoms with Gasteiger partial charge in [0.25, 0.3) is 0 Å². The second-order valence-electron chi connectivity index (χ2n) is 5.35. The Morgan fingerprint density at radius 1 is 1.42 bits per heavy atom. The quantitative estimate of drug-likeness (QED) is 0.650. The molecule has 1 heterocycles. The van der Waals surface area contributed by atoms with E-state index in [9.17, 15) is 27.6 Å². The monoisotopic (exact) mass is 370 g/mol. The lowest BCUT2D eigenvalue weighted by Crippen LogP contribution is -2.26. The second kappa shape index (κ2) is 7.07. The number of carbonyl (C=O) groups is 1. The van der Waals surface area contributed by atoms with Gasteiger partial charge < -0.3 is 15.2 Å². The summed E-state index contributed by atoms with van der Waals surface area (Å²) in [5.41, 5.74) is 3.56. The predicted molar refractivity (Wildman–Crippen MR) is 81.4 cm³/mol. The Labute approximate surface area is 146 Å². The maximum absolute atomic E-state index is 13.6. The van der Waals surface area contributed by atoms with Crippen LogP contribution in [0.5, 0.6) is 0 Å². The van der Waals surface area contributed by atoms with Gasteiger partial charge in [0.2, 0.25) is 5.88 Å². The molecule has 0 saturated carbocycles. The maximum atomic E-state index is 13.6. The number of alkyl halides is 3. The highest BCUT2D eigenvalue weighted by atomic mass is 19.4. The van der Waals surface area contributed by atoms with Crippen molar-refractivity contribution in [1.82, 2.24) is 0 Å². The molecule has 1 unspecified atom stereocenters. The summed E-state index contributed by atoms with van der Waals surface area (Å²) < 4.78 is 62.8. The molecular weight excluding hydrogens is 356 g/mol. The number of benzene rings is 1. The van der Waals surface area contributed by atoms with Crippen molar-refractivity contribution in [3.8, 4) is 6.07 Å². The fourth-order valence-corrected chi connectivity index (χ4v) is 2.63. The van der Waals surface area contributed by atoms with Gasteiger partial charge in [-0.15, -0.1) is 0 Å². The van der Waals surface area contributed by atoms with Crippen molar-refractivity contribution in [3.63, 3.8) is 0 Å². The zero-order valence-electron chi connectivity index (χ0n) is 13.8. The van der Waals surface area contributed by atoms with Crippen molar-refractivity contribution in [2.45, 2.75) is 25.9 Å². The van der Waals surface area contributed by atoms with E-state index in [0.29, 0.717) is 12.1 Å². The maximum Gasteiger partial charge on any atom is 0.419 e. The van der Waals surface area contributed by atoms with E-state index in [1.165, 1.54) is 6.92 Å². The van der Waals surface area contributed by atoms with E-state index in [2.05, 4.69) is 0 Å². The molecule has 0 amide bonds. The summed E-state index contributed by atoms with van der Waals surface area (Å²) in [6, 6.07) is 3.95. The summed E-state index contributed by atoms with van der Waals surface area (Å²) in [7, 11) is 0. The Morgan fingerprint density at radius 3 is 2.62 bits per heavy atom. The number of ether oxygens (including phenoxy) is 2. The fraction of sp³-hybridized carbons (Fsp3) is 0.294. The van der Waals surface area contributed by atoms with Gasteiger partial charge in [0.15, 0.2) is 0 Å². The third-order valence-corrected chi connectivity index (χ3v) is 3.73. The van der Waals surface area contributed by atoms with Crippen LogP contribution in [0.4, 0.5) is 17.6 Å². The molecule has 0 fully saturated rings. The molecule has 0 aliphatic carbocycles. The summed E-state index contributed by atoms with van der Waals surface area (Å²) in [6.45, 7) is 2.91. The molecule has 138 valence electrons. The lowest BCUT2D eigenvalue weighted by molar-refractivity contribution is -0.140. The van der Waals surface area contributed by atoms with Gasteiger partial charge in [0.05, 0.1) is 23.7 Å². The van der Waals surface area contributed by atoms with Crippen LogP contribution in [-0.2, 0) is 20.4 Å². The van der Waals surface area contributed by atoms with E-state index in [1.54, 1.807) is 13.0 Å². The Balaban J connectivity index is 2.70. The number of hydrogen-bond donors (Lipinski definition) is 1. The lowest BCUT2D eigenvalue weighted by Gasteiger charge is -2.27. The van der Waals surface area contributed by atoms with E-state index < -0.39 is 29.4 Å². The van der Waals surface area contributed by atoms with E-state index in [4.69, 9.17) is 15.2 Å². The minimum absolute atomic E-state index is 0.000631. The van der Waals surface area contributed by atoms with Crippen LogP contribution in [0.2, 0.25) is 0 Å². The topological polar surface area (TPSA) is 85.3 Å². The summed E-state index contributed by atoms with van der Waals surface area (Å²) in [6.07, 6.45) is -4.95. The molecule has 1 aromatic carbocycles. The van der Waals surface area contributed by atoms with E-state index >= 15 is 0 Å². The first kappa shape index (κ1) is 19.3. The van der Waals surface area contributed by atoms with Gasteiger partial charge in [0.1, 0.15) is 23.2 Å². The average Bonchev–Trinajstić information content (AvgIpc) is 2.53. The van der Waals surface area contributed by atoms with Gasteiger partial charge >= 0.3 is 12.1 Å². The molecule has 1 aliphatic rings. The highest BCUT2D eigenvalue weighted by Gasteiger charge is 2.39. The normalized spacial score (nSPS) is 17.7. The zero-order valence-corrected chi connectivity index (χ0v) is 13.8. The minimum Gasteiger partial charge on any atom is -0.463 e. The molecule has 9 heteroatoms. The first-order chi connectivity index (χ1) is 12.1. The van der Waals surface area contributed by atoms with Crippen LogP contribution in [0.3, 0.4) is 0 Å². The first-order valence-corrected chi connectivity index (χ1v) is 7.43. The number of halogens is 4. The number of rotatable bonds is 3. The molecule has 2 rings (SSSR count). The third-order valence-electron chi connectivity index (χ3n) is 3.73. The molecule has 0 saturated heterocycles. The SMILES string of the molecule is CCOC(=O)C1=C(C)OC(N)=C(C#N)C1c1ccc(F)c(C(F)(F)F)c1. The number of nitrogens with two attached hydrogens (primary N) is 1. The third kappa shape index (κ3) is 3.49. The predicted octanol–water partition coefficient (Wildman–Crippen LogP) is 3.49. The minimum atomic E-state index is -4.95. The second-order valence-corrected chi connectivity index (χ2v) is 5.35. The Hall–Kier alpha value is -3.02. The van der Waals surface area contributed by atoms with Crippen LogP contribution in [0.1, 0.15) is 30.9 Å². The van der Waals surface area contributed by atoms with Crippen molar-refractivity contribution >= 4 is 5.97 Å². The van der Waals surface area contributed by atoms with Gasteiger partial charge in [-0.05, 0) is 31.5 Å². The van der Waals surface area contributed by atoms with Gasteiger partial charge in [-0.2, -0.15) is 18.4 Å². The van der Waals surface area contributed by atoms with Crippen molar-refractivity contribution in [1.29, 1.82) is 5.26 Å². The van der Waals surface area contributed by atoms with Crippen molar-refractivity contribution in [2.24, 2.45) is 5.73 Å². The fourth-order valence-electron chi connectivity index (χ4n) is 2.63. The largest absolute Gasteiger partial charge is 0.463 e. The van der Waals surface area contributed by atoms with Gasteiger partial charge in [-0.3, -0.25) is 0 Å². The van der Waals surface area contributed by atoms with Crippen LogP contribution in [0.25, 0.3) is 0 Å². The highest BCUT2D eigenvalue weighted by molar-refractivity contribution is 5.92. The van der Waals surface area contributed by atoms with Crippen LogP contribution in [-0.4, -0.2) is 12.6 Å². The van der Waals surface area contributed by atoms with Crippen molar-refractivity contribution < 1.29 is 31.8 Å². The molecule has 0 spiro atoms. The molecule has 26 heavy (non-hydrogen) atoms. The number of nitrogens with zero attached hydrogens (tertiary/aromatic N) is 1. The number of hydrogen-bond acceptors (Lipinski definition) is 5. The number of esters is 1. The standard InChI is InChI=1S/C17H14F4N2O3/c1-3-25-16(24)13-8(2)26-15(23)10(7-22)14(13)9-4-5-12(18)11(6-9)17(19,20)21/h4-6,14H,3,23H2,1-2H3. The number of nitriles is 1. The van der Waals surface area contributed by atoms with Crippen LogP contribution in [0.15, 0.2) is 41.0 Å². The van der Waals surface area contributed by atoms with Crippen LogP contribution in [0, 0.1) is 17.1 Å². The van der Waals surface area contributed by atoms with E-state index in [0.717, 1.165) is 6.07 Å². The molecule has 2 N–H and O–H groups in total. The molecule has 0 radical (unpaired) electrons. The van der Waals surface area contributed by atoms with Gasteiger partial charge in [-0.1, -0.05) is 6.07 Å². The smallest absolute Gasteiger partial charge is 0.419 e. The zero-order chi connectivity index (χ0) is 19.6. The van der Waals surface area contributed by atoms with Crippen molar-refractivity contribution in [2.75, 3.05) is 6.61 Å². The summed E-state index contributed by atoms with van der Waals surface area (Å²) >= 11 is 0. The molecule has 0 aromatic heterocycles. The first-order valence-electron chi connectivity index (χ1n) is 7.43. The van der Waals surface area contributed by atoms with Gasteiger partial charge in [0, 0.05) is 0 Å². The molecule has 0 bridgehead atoms. The molecule has 5 nitrogen and oxygen atoms in total. The number of carbonyl (C=O) groups excluding carboxylic acids is 1. The Kier molecular flexibility index (Phi) is 5.25. The highest BCUT2D eigenvalue weighted by Crippen LogP contribution is 2.41.